The van der Waals surface area contributed by atoms with Gasteiger partial charge in [0.15, 0.2) is 0 Å². The number of nitrogens with zero attached hydrogens (tertiary/aromatic N) is 1. The maximum absolute atomic E-state index is 13.6. The Kier molecular flexibility index (Phi) is 9.85. The molecule has 0 spiro atoms. The number of aliphatic hydroxyl groups is 1. The van der Waals surface area contributed by atoms with Crippen molar-refractivity contribution >= 4 is 5.69 Å². The monoisotopic (exact) mass is 607 g/mol. The van der Waals surface area contributed by atoms with Crippen LogP contribution in [-0.2, 0) is 19.1 Å². The van der Waals surface area contributed by atoms with E-state index in [1.807, 2.05) is 25.1 Å². The van der Waals surface area contributed by atoms with Gasteiger partial charge >= 0.3 is 18.7 Å². The Balaban J connectivity index is 1.72. The number of hydrogen-bond donors (Lipinski definition) is 1. The second-order valence-corrected chi connectivity index (χ2v) is 9.66. The molecular weight excluding hydrogens is 579 g/mol. The number of hydrogen-bond acceptors (Lipinski definition) is 4. The zero-order chi connectivity index (χ0) is 31.2. The molecule has 1 unspecified atom stereocenters. The van der Waals surface area contributed by atoms with Crippen LogP contribution in [0.25, 0.3) is 0 Å². The summed E-state index contributed by atoms with van der Waals surface area (Å²) < 4.78 is 102. The van der Waals surface area contributed by atoms with Crippen LogP contribution in [0.5, 0.6) is 17.2 Å². The van der Waals surface area contributed by atoms with Gasteiger partial charge in [0.05, 0.1) is 18.2 Å². The van der Waals surface area contributed by atoms with Gasteiger partial charge in [-0.2, -0.15) is 30.7 Å². The van der Waals surface area contributed by atoms with Crippen LogP contribution in [0.2, 0.25) is 0 Å². The SMILES string of the molecule is CCc1cccc(Oc2cccc(N(Cc3cccc(OC(F)(F)C(F)F)c3)C(CO)c3ccc(C(F)(F)F)cc3)c2)c1. The van der Waals surface area contributed by atoms with Crippen LogP contribution >= 0.6 is 0 Å². The second kappa shape index (κ2) is 13.4. The molecule has 0 radical (unpaired) electrons. The molecule has 0 amide bonds. The lowest BCUT2D eigenvalue weighted by atomic mass is 10.0. The smallest absolute Gasteiger partial charge is 0.457 e. The fourth-order valence-electron chi connectivity index (χ4n) is 4.46. The lowest BCUT2D eigenvalue weighted by molar-refractivity contribution is -0.253. The van der Waals surface area contributed by atoms with Gasteiger partial charge in [0.2, 0.25) is 0 Å². The van der Waals surface area contributed by atoms with Crippen LogP contribution in [0.4, 0.5) is 36.4 Å². The van der Waals surface area contributed by atoms with Crippen LogP contribution in [0.1, 0.15) is 35.2 Å². The summed E-state index contributed by atoms with van der Waals surface area (Å²) in [5, 5.41) is 10.4. The number of aryl methyl sites for hydroxylation is 1. The number of aliphatic hydroxyl groups excluding tert-OH is 1. The molecule has 0 aliphatic rings. The van der Waals surface area contributed by atoms with Gasteiger partial charge < -0.3 is 19.5 Å². The summed E-state index contributed by atoms with van der Waals surface area (Å²) in [7, 11) is 0. The van der Waals surface area contributed by atoms with Crippen LogP contribution < -0.4 is 14.4 Å². The Morgan fingerprint density at radius 2 is 1.33 bits per heavy atom. The molecule has 4 aromatic carbocycles. The number of ether oxygens (including phenoxy) is 2. The van der Waals surface area contributed by atoms with E-state index in [0.29, 0.717) is 28.3 Å². The number of benzene rings is 4. The molecule has 4 aromatic rings. The molecule has 0 bridgehead atoms. The molecule has 1 N–H and O–H groups in total. The van der Waals surface area contributed by atoms with Crippen molar-refractivity contribution in [2.24, 2.45) is 0 Å². The first-order chi connectivity index (χ1) is 20.4. The average molecular weight is 608 g/mol. The van der Waals surface area contributed by atoms with E-state index >= 15 is 0 Å². The van der Waals surface area contributed by atoms with Crippen molar-refractivity contribution in [3.05, 3.63) is 119 Å². The summed E-state index contributed by atoms with van der Waals surface area (Å²) in [6, 6.07) is 22.7. The summed E-state index contributed by atoms with van der Waals surface area (Å²) in [5.74, 6) is 0.494. The number of halogens is 7. The Bertz CT molecular complexity index is 1490. The standard InChI is InChI=1S/C32H28F7NO3/c1-2-21-6-3-9-26(16-21)42-27-10-5-8-25(18-27)40(29(20-41)23-12-14-24(15-13-23)31(35,36)37)19-22-7-4-11-28(17-22)43-32(38,39)30(33)34/h3-18,29-30,41H,2,19-20H2,1H3. The Morgan fingerprint density at radius 1 is 0.744 bits per heavy atom. The summed E-state index contributed by atoms with van der Waals surface area (Å²) in [4.78, 5) is 1.64. The molecule has 1 atom stereocenters. The van der Waals surface area contributed by atoms with Crippen molar-refractivity contribution in [1.29, 1.82) is 0 Å². The maximum Gasteiger partial charge on any atom is 0.461 e. The maximum atomic E-state index is 13.6. The Hall–Kier alpha value is -4.25. The van der Waals surface area contributed by atoms with E-state index in [9.17, 15) is 35.8 Å². The van der Waals surface area contributed by atoms with E-state index in [4.69, 9.17) is 4.74 Å². The molecule has 0 aliphatic heterocycles. The quantitative estimate of drug-likeness (QED) is 0.163. The van der Waals surface area contributed by atoms with Gasteiger partial charge in [0.1, 0.15) is 17.2 Å². The van der Waals surface area contributed by atoms with Gasteiger partial charge in [-0.3, -0.25) is 0 Å². The summed E-state index contributed by atoms with van der Waals surface area (Å²) in [5.41, 5.74) is 1.35. The minimum atomic E-state index is -4.72. The lowest BCUT2D eigenvalue weighted by Gasteiger charge is -2.33. The predicted octanol–water partition coefficient (Wildman–Crippen LogP) is 9.04. The van der Waals surface area contributed by atoms with Gasteiger partial charge in [-0.15, -0.1) is 0 Å². The van der Waals surface area contributed by atoms with E-state index in [1.165, 1.54) is 24.3 Å². The third-order valence-corrected chi connectivity index (χ3v) is 6.62. The normalized spacial score (nSPS) is 12.7. The molecule has 0 fully saturated rings. The molecule has 228 valence electrons. The van der Waals surface area contributed by atoms with Crippen LogP contribution in [0.3, 0.4) is 0 Å². The minimum Gasteiger partial charge on any atom is -0.457 e. The fourth-order valence-corrected chi connectivity index (χ4v) is 4.46. The Morgan fingerprint density at radius 3 is 1.93 bits per heavy atom. The van der Waals surface area contributed by atoms with E-state index in [0.717, 1.165) is 36.2 Å². The first-order valence-electron chi connectivity index (χ1n) is 13.2. The summed E-state index contributed by atoms with van der Waals surface area (Å²) in [6.45, 7) is 1.40. The third-order valence-electron chi connectivity index (χ3n) is 6.62. The fraction of sp³-hybridized carbons (Fsp3) is 0.250. The van der Waals surface area contributed by atoms with Gasteiger partial charge in [0.25, 0.3) is 0 Å². The van der Waals surface area contributed by atoms with Crippen molar-refractivity contribution in [3.8, 4) is 17.2 Å². The highest BCUT2D eigenvalue weighted by Gasteiger charge is 2.44. The van der Waals surface area contributed by atoms with Gasteiger partial charge in [-0.1, -0.05) is 49.4 Å². The van der Waals surface area contributed by atoms with Crippen LogP contribution in [0.15, 0.2) is 97.1 Å². The highest BCUT2D eigenvalue weighted by Crippen LogP contribution is 2.36. The van der Waals surface area contributed by atoms with E-state index in [-0.39, 0.29) is 6.54 Å². The Labute approximate surface area is 243 Å². The summed E-state index contributed by atoms with van der Waals surface area (Å²) >= 11 is 0. The molecule has 0 heterocycles. The van der Waals surface area contributed by atoms with Crippen molar-refractivity contribution in [1.82, 2.24) is 0 Å². The molecule has 4 rings (SSSR count). The molecule has 4 nitrogen and oxygen atoms in total. The number of alkyl halides is 7. The van der Waals surface area contributed by atoms with Crippen molar-refractivity contribution in [3.63, 3.8) is 0 Å². The second-order valence-electron chi connectivity index (χ2n) is 9.66. The molecule has 0 aliphatic carbocycles. The molecule has 0 saturated carbocycles. The molecule has 11 heteroatoms. The third kappa shape index (κ3) is 8.19. The van der Waals surface area contributed by atoms with Crippen molar-refractivity contribution < 1.29 is 45.3 Å². The zero-order valence-electron chi connectivity index (χ0n) is 22.9. The lowest BCUT2D eigenvalue weighted by Crippen LogP contribution is -2.33. The first-order valence-corrected chi connectivity index (χ1v) is 13.2. The van der Waals surface area contributed by atoms with Gasteiger partial charge in [-0.05, 0) is 71.6 Å². The van der Waals surface area contributed by atoms with E-state index in [2.05, 4.69) is 4.74 Å². The van der Waals surface area contributed by atoms with Gasteiger partial charge in [0, 0.05) is 18.3 Å². The number of rotatable bonds is 12. The summed E-state index contributed by atoms with van der Waals surface area (Å²) in [6.07, 6.45) is -12.5. The highest BCUT2D eigenvalue weighted by molar-refractivity contribution is 5.54. The first kappa shape index (κ1) is 31.7. The highest BCUT2D eigenvalue weighted by atomic mass is 19.4. The molecular formula is C32H28F7NO3. The molecule has 43 heavy (non-hydrogen) atoms. The average Bonchev–Trinajstić information content (AvgIpc) is 2.97. The largest absolute Gasteiger partial charge is 0.461 e. The predicted molar refractivity (Wildman–Crippen MR) is 148 cm³/mol. The van der Waals surface area contributed by atoms with E-state index in [1.54, 1.807) is 35.2 Å². The van der Waals surface area contributed by atoms with Crippen molar-refractivity contribution in [2.45, 2.75) is 44.6 Å². The number of anilines is 1. The van der Waals surface area contributed by atoms with Crippen molar-refractivity contribution in [2.75, 3.05) is 11.5 Å². The minimum absolute atomic E-state index is 0.0710. The molecule has 0 aromatic heterocycles. The van der Waals surface area contributed by atoms with E-state index < -0.39 is 42.7 Å². The topological polar surface area (TPSA) is 41.9 Å². The van der Waals surface area contributed by atoms with Crippen LogP contribution in [0, 0.1) is 0 Å². The van der Waals surface area contributed by atoms with Crippen LogP contribution in [-0.4, -0.2) is 24.2 Å². The van der Waals surface area contributed by atoms with Gasteiger partial charge in [-0.25, -0.2) is 0 Å². The molecule has 0 saturated heterocycles. The zero-order valence-corrected chi connectivity index (χ0v) is 22.9.